The number of halogens is 2. The number of hydrogen-bond donors (Lipinski definition) is 1. The molecule has 0 spiro atoms. The normalized spacial score (nSPS) is 10.1. The molecule has 1 aromatic rings. The van der Waals surface area contributed by atoms with Crippen LogP contribution in [0.5, 0.6) is 0 Å². The Labute approximate surface area is 81.7 Å². The molecule has 0 aromatic carbocycles. The Morgan fingerprint density at radius 1 is 1.45 bits per heavy atom. The first-order valence-corrected chi connectivity index (χ1v) is 4.69. The van der Waals surface area contributed by atoms with Crippen molar-refractivity contribution in [3.05, 3.63) is 21.1 Å². The Morgan fingerprint density at radius 2 is 2.18 bits per heavy atom. The van der Waals surface area contributed by atoms with E-state index in [1.54, 1.807) is 6.20 Å². The average molecular weight is 281 g/mol. The fraction of sp³-hybridized carbons (Fsp3) is 0.333. The monoisotopic (exact) mass is 279 g/mol. The topological polar surface area (TPSA) is 51.8 Å². The molecule has 1 heterocycles. The smallest absolute Gasteiger partial charge is 0.130 e. The van der Waals surface area contributed by atoms with Gasteiger partial charge in [0.15, 0.2) is 0 Å². The molecule has 2 N–H and O–H groups in total. The van der Waals surface area contributed by atoms with Crippen molar-refractivity contribution in [1.82, 2.24) is 9.97 Å². The minimum absolute atomic E-state index is 0.577. The van der Waals surface area contributed by atoms with Gasteiger partial charge in [0.25, 0.3) is 0 Å². The summed E-state index contributed by atoms with van der Waals surface area (Å²) in [6, 6.07) is 0. The summed E-state index contributed by atoms with van der Waals surface area (Å²) < 4.78 is 1.63. The minimum Gasteiger partial charge on any atom is -0.330 e. The fourth-order valence-electron chi connectivity index (χ4n) is 0.630. The van der Waals surface area contributed by atoms with Crippen molar-refractivity contribution in [2.24, 2.45) is 5.73 Å². The van der Waals surface area contributed by atoms with E-state index >= 15 is 0 Å². The Hall–Kier alpha value is -0.0000000000000000555. The van der Waals surface area contributed by atoms with Gasteiger partial charge in [0.2, 0.25) is 0 Å². The Kier molecular flexibility index (Phi) is 3.42. The van der Waals surface area contributed by atoms with E-state index in [9.17, 15) is 0 Å². The summed E-state index contributed by atoms with van der Waals surface area (Å²) in [4.78, 5) is 8.20. The van der Waals surface area contributed by atoms with E-state index in [4.69, 9.17) is 5.73 Å². The van der Waals surface area contributed by atoms with E-state index in [1.807, 2.05) is 0 Å². The average Bonchev–Trinajstić information content (AvgIpc) is 1.98. The van der Waals surface area contributed by atoms with E-state index < -0.39 is 0 Å². The first kappa shape index (κ1) is 9.09. The SMILES string of the molecule is NCCc1ncc(Br)c(Br)n1. The first-order valence-electron chi connectivity index (χ1n) is 3.11. The van der Waals surface area contributed by atoms with Crippen LogP contribution in [-0.2, 0) is 6.42 Å². The second kappa shape index (κ2) is 4.13. The lowest BCUT2D eigenvalue weighted by Crippen LogP contribution is -2.06. The van der Waals surface area contributed by atoms with Crippen LogP contribution in [0.3, 0.4) is 0 Å². The highest BCUT2D eigenvalue weighted by molar-refractivity contribution is 9.13. The molecule has 0 amide bonds. The molecule has 0 saturated carbocycles. The summed E-state index contributed by atoms with van der Waals surface area (Å²) in [6.45, 7) is 0.577. The molecule has 1 aromatic heterocycles. The van der Waals surface area contributed by atoms with Gasteiger partial charge in [-0.2, -0.15) is 0 Å². The molecule has 5 heteroatoms. The van der Waals surface area contributed by atoms with Crippen LogP contribution >= 0.6 is 31.9 Å². The third-order valence-electron chi connectivity index (χ3n) is 1.12. The van der Waals surface area contributed by atoms with Gasteiger partial charge in [0, 0.05) is 12.6 Å². The van der Waals surface area contributed by atoms with E-state index in [0.717, 1.165) is 14.9 Å². The lowest BCUT2D eigenvalue weighted by molar-refractivity contribution is 0.857. The van der Waals surface area contributed by atoms with Crippen LogP contribution in [0.4, 0.5) is 0 Å². The summed E-state index contributed by atoms with van der Waals surface area (Å²) in [5.74, 6) is 0.766. The molecule has 1 rings (SSSR count). The number of aromatic nitrogens is 2. The van der Waals surface area contributed by atoms with Crippen molar-refractivity contribution < 1.29 is 0 Å². The number of nitrogens with zero attached hydrogens (tertiary/aromatic N) is 2. The van der Waals surface area contributed by atoms with Gasteiger partial charge >= 0.3 is 0 Å². The zero-order chi connectivity index (χ0) is 8.27. The van der Waals surface area contributed by atoms with Gasteiger partial charge in [0.05, 0.1) is 4.47 Å². The van der Waals surface area contributed by atoms with Crippen LogP contribution < -0.4 is 5.73 Å². The van der Waals surface area contributed by atoms with Gasteiger partial charge in [0.1, 0.15) is 10.4 Å². The van der Waals surface area contributed by atoms with Gasteiger partial charge < -0.3 is 5.73 Å². The van der Waals surface area contributed by atoms with Crippen molar-refractivity contribution in [2.45, 2.75) is 6.42 Å². The molecule has 0 bridgehead atoms. The quantitative estimate of drug-likeness (QED) is 0.836. The van der Waals surface area contributed by atoms with Crippen molar-refractivity contribution in [3.63, 3.8) is 0 Å². The molecule has 0 unspecified atom stereocenters. The van der Waals surface area contributed by atoms with E-state index in [2.05, 4.69) is 41.8 Å². The highest BCUT2D eigenvalue weighted by atomic mass is 79.9. The Morgan fingerprint density at radius 3 is 2.73 bits per heavy atom. The van der Waals surface area contributed by atoms with Crippen molar-refractivity contribution in [2.75, 3.05) is 6.54 Å². The zero-order valence-electron chi connectivity index (χ0n) is 5.72. The number of hydrogen-bond acceptors (Lipinski definition) is 3. The Bertz CT molecular complexity index is 252. The number of nitrogens with two attached hydrogens (primary N) is 1. The van der Waals surface area contributed by atoms with Gasteiger partial charge in [-0.1, -0.05) is 0 Å². The van der Waals surface area contributed by atoms with Crippen LogP contribution in [0.15, 0.2) is 15.3 Å². The maximum absolute atomic E-state index is 5.34. The van der Waals surface area contributed by atoms with Crippen molar-refractivity contribution in [1.29, 1.82) is 0 Å². The fourth-order valence-corrected chi connectivity index (χ4v) is 1.13. The predicted molar refractivity (Wildman–Crippen MR) is 50.2 cm³/mol. The number of rotatable bonds is 2. The lowest BCUT2D eigenvalue weighted by atomic mass is 10.4. The van der Waals surface area contributed by atoms with Crippen LogP contribution in [0, 0.1) is 0 Å². The van der Waals surface area contributed by atoms with Crippen molar-refractivity contribution in [3.8, 4) is 0 Å². The van der Waals surface area contributed by atoms with Crippen LogP contribution in [0.1, 0.15) is 5.82 Å². The molecule has 0 aliphatic heterocycles. The summed E-state index contributed by atoms with van der Waals surface area (Å²) >= 11 is 6.55. The van der Waals surface area contributed by atoms with Gasteiger partial charge in [-0.25, -0.2) is 9.97 Å². The molecule has 3 nitrogen and oxygen atoms in total. The van der Waals surface area contributed by atoms with E-state index in [1.165, 1.54) is 0 Å². The van der Waals surface area contributed by atoms with Gasteiger partial charge in [-0.3, -0.25) is 0 Å². The highest BCUT2D eigenvalue weighted by Gasteiger charge is 1.99. The minimum atomic E-state index is 0.577. The second-order valence-corrected chi connectivity index (χ2v) is 3.57. The Balaban J connectivity index is 2.86. The molecule has 0 radical (unpaired) electrons. The molecule has 11 heavy (non-hydrogen) atoms. The first-order chi connectivity index (χ1) is 5.24. The maximum atomic E-state index is 5.34. The molecule has 0 fully saturated rings. The summed E-state index contributed by atoms with van der Waals surface area (Å²) in [7, 11) is 0. The summed E-state index contributed by atoms with van der Waals surface area (Å²) in [6.07, 6.45) is 2.42. The second-order valence-electron chi connectivity index (χ2n) is 1.96. The van der Waals surface area contributed by atoms with E-state index in [-0.39, 0.29) is 0 Å². The van der Waals surface area contributed by atoms with E-state index in [0.29, 0.717) is 13.0 Å². The third kappa shape index (κ3) is 2.50. The largest absolute Gasteiger partial charge is 0.330 e. The van der Waals surface area contributed by atoms with Crippen molar-refractivity contribution >= 4 is 31.9 Å². The molecule has 60 valence electrons. The molecule has 0 aliphatic carbocycles. The molecular formula is C6H7Br2N3. The lowest BCUT2D eigenvalue weighted by Gasteiger charge is -1.98. The zero-order valence-corrected chi connectivity index (χ0v) is 8.89. The van der Waals surface area contributed by atoms with Gasteiger partial charge in [-0.05, 0) is 38.4 Å². The molecule has 0 atom stereocenters. The van der Waals surface area contributed by atoms with Gasteiger partial charge in [-0.15, -0.1) is 0 Å². The molecular weight excluding hydrogens is 274 g/mol. The summed E-state index contributed by atoms with van der Waals surface area (Å²) in [5, 5.41) is 0. The highest BCUT2D eigenvalue weighted by Crippen LogP contribution is 2.18. The maximum Gasteiger partial charge on any atom is 0.130 e. The third-order valence-corrected chi connectivity index (χ3v) is 2.84. The summed E-state index contributed by atoms with van der Waals surface area (Å²) in [5.41, 5.74) is 5.34. The van der Waals surface area contributed by atoms with Crippen LogP contribution in [0.25, 0.3) is 0 Å². The van der Waals surface area contributed by atoms with Crippen LogP contribution in [-0.4, -0.2) is 16.5 Å². The molecule has 0 saturated heterocycles. The standard InChI is InChI=1S/C6H7Br2N3/c7-4-3-10-5(1-2-9)11-6(4)8/h3H,1-2,9H2. The predicted octanol–water partition coefficient (Wildman–Crippen LogP) is 1.50. The molecule has 0 aliphatic rings. The van der Waals surface area contributed by atoms with Crippen LogP contribution in [0.2, 0.25) is 0 Å².